The summed E-state index contributed by atoms with van der Waals surface area (Å²) in [6.07, 6.45) is 1.91. The van der Waals surface area contributed by atoms with Gasteiger partial charge >= 0.3 is 6.18 Å². The first kappa shape index (κ1) is 16.6. The maximum Gasteiger partial charge on any atom is 0.451 e. The molecule has 0 amide bonds. The van der Waals surface area contributed by atoms with Crippen LogP contribution < -0.4 is 0 Å². The molecular weight excluding hydrogens is 343 g/mol. The summed E-state index contributed by atoms with van der Waals surface area (Å²) in [5, 5.41) is 4.47. The second-order valence-corrected chi connectivity index (χ2v) is 6.05. The van der Waals surface area contributed by atoms with Crippen molar-refractivity contribution in [1.29, 1.82) is 0 Å². The molecular formula is C15H13ClF3N5. The van der Waals surface area contributed by atoms with Gasteiger partial charge in [-0.3, -0.25) is 0 Å². The van der Waals surface area contributed by atoms with Crippen LogP contribution in [0.2, 0.25) is 0 Å². The highest BCUT2D eigenvalue weighted by atomic mass is 35.5. The van der Waals surface area contributed by atoms with Crippen molar-refractivity contribution in [2.45, 2.75) is 25.4 Å². The van der Waals surface area contributed by atoms with Crippen molar-refractivity contribution in [1.82, 2.24) is 19.6 Å². The maximum atomic E-state index is 12.5. The Labute approximate surface area is 140 Å². The molecule has 2 heterocycles. The van der Waals surface area contributed by atoms with Crippen LogP contribution in [0.15, 0.2) is 36.5 Å². The van der Waals surface area contributed by atoms with Crippen LogP contribution in [0.25, 0.3) is 5.57 Å². The Morgan fingerprint density at radius 3 is 2.58 bits per heavy atom. The molecule has 24 heavy (non-hydrogen) atoms. The first-order valence-corrected chi connectivity index (χ1v) is 7.48. The number of rotatable bonds is 4. The Bertz CT molecular complexity index is 790. The van der Waals surface area contributed by atoms with Gasteiger partial charge in [0.05, 0.1) is 0 Å². The molecule has 2 aromatic rings. The van der Waals surface area contributed by atoms with E-state index >= 15 is 0 Å². The van der Waals surface area contributed by atoms with Gasteiger partial charge in [-0.25, -0.2) is 19.6 Å². The fraction of sp³-hybridized carbons (Fsp3) is 0.333. The van der Waals surface area contributed by atoms with E-state index in [0.717, 1.165) is 12.0 Å². The van der Waals surface area contributed by atoms with Crippen LogP contribution in [0, 0.1) is 5.92 Å². The van der Waals surface area contributed by atoms with Gasteiger partial charge < -0.3 is 0 Å². The summed E-state index contributed by atoms with van der Waals surface area (Å²) in [4.78, 5) is 11.0. The van der Waals surface area contributed by atoms with Gasteiger partial charge in [-0.15, -0.1) is 0 Å². The van der Waals surface area contributed by atoms with Crippen LogP contribution in [0.5, 0.6) is 0 Å². The zero-order valence-corrected chi connectivity index (χ0v) is 13.4. The van der Waals surface area contributed by atoms with E-state index in [9.17, 15) is 13.2 Å². The highest BCUT2D eigenvalue weighted by Crippen LogP contribution is 2.53. The number of alkyl halides is 3. The minimum absolute atomic E-state index is 0.0333. The number of imidazole rings is 1. The summed E-state index contributed by atoms with van der Waals surface area (Å²) in [6, 6.07) is 0. The van der Waals surface area contributed by atoms with Crippen molar-refractivity contribution in [3.63, 3.8) is 0 Å². The van der Waals surface area contributed by atoms with Crippen molar-refractivity contribution in [3.8, 4) is 0 Å². The Morgan fingerprint density at radius 1 is 1.33 bits per heavy atom. The zero-order valence-electron chi connectivity index (χ0n) is 12.6. The molecule has 9 heteroatoms. The smallest absolute Gasteiger partial charge is 0.235 e. The van der Waals surface area contributed by atoms with Crippen molar-refractivity contribution >= 4 is 22.3 Å². The molecule has 0 N–H and O–H groups in total. The van der Waals surface area contributed by atoms with Crippen molar-refractivity contribution in [2.24, 2.45) is 11.0 Å². The molecule has 1 saturated carbocycles. The molecule has 0 saturated heterocycles. The average Bonchev–Trinajstić information content (AvgIpc) is 3.18. The second-order valence-electron chi connectivity index (χ2n) is 5.50. The number of nitrogens with zero attached hydrogens (tertiary/aromatic N) is 5. The first-order valence-electron chi connectivity index (χ1n) is 7.10. The summed E-state index contributed by atoms with van der Waals surface area (Å²) < 4.78 is 39.0. The van der Waals surface area contributed by atoms with Crippen LogP contribution in [0.1, 0.15) is 36.5 Å². The van der Waals surface area contributed by atoms with E-state index in [2.05, 4.69) is 26.6 Å². The summed E-state index contributed by atoms with van der Waals surface area (Å²) in [5.41, 5.74) is 1.41. The molecule has 2 aromatic heterocycles. The van der Waals surface area contributed by atoms with Gasteiger partial charge in [0.1, 0.15) is 5.17 Å². The maximum absolute atomic E-state index is 12.5. The number of hydrogen-bond acceptors (Lipinski definition) is 4. The van der Waals surface area contributed by atoms with Crippen LogP contribution in [-0.2, 0) is 6.18 Å². The Balaban J connectivity index is 1.75. The Kier molecular flexibility index (Phi) is 4.16. The van der Waals surface area contributed by atoms with Crippen LogP contribution in [-0.4, -0.2) is 24.8 Å². The highest BCUT2D eigenvalue weighted by Gasteiger charge is 2.43. The largest absolute Gasteiger partial charge is 0.451 e. The Morgan fingerprint density at radius 2 is 2.00 bits per heavy atom. The average molecular weight is 356 g/mol. The third-order valence-corrected chi connectivity index (χ3v) is 3.82. The quantitative estimate of drug-likeness (QED) is 0.781. The molecule has 3 rings (SSSR count). The lowest BCUT2D eigenvalue weighted by Gasteiger charge is -2.07. The lowest BCUT2D eigenvalue weighted by atomic mass is 10.1. The van der Waals surface area contributed by atoms with E-state index in [-0.39, 0.29) is 11.8 Å². The molecule has 0 bridgehead atoms. The molecule has 1 fully saturated rings. The van der Waals surface area contributed by atoms with Crippen LogP contribution in [0.3, 0.4) is 0 Å². The SMILES string of the molecule is C=C(c1nccn1/N=C(\C)Cl)[C@H]1C[C@@H]1c1cnc(C(F)(F)F)nc1. The predicted octanol–water partition coefficient (Wildman–Crippen LogP) is 3.93. The number of halogens is 4. The minimum Gasteiger partial charge on any atom is -0.235 e. The van der Waals surface area contributed by atoms with E-state index in [0.29, 0.717) is 16.6 Å². The highest BCUT2D eigenvalue weighted by molar-refractivity contribution is 6.64. The molecule has 0 spiro atoms. The van der Waals surface area contributed by atoms with Crippen LogP contribution >= 0.6 is 11.6 Å². The predicted molar refractivity (Wildman–Crippen MR) is 83.5 cm³/mol. The van der Waals surface area contributed by atoms with E-state index in [1.54, 1.807) is 19.3 Å². The molecule has 1 aliphatic rings. The summed E-state index contributed by atoms with van der Waals surface area (Å²) >= 11 is 5.78. The van der Waals surface area contributed by atoms with Gasteiger partial charge in [-0.1, -0.05) is 18.2 Å². The summed E-state index contributed by atoms with van der Waals surface area (Å²) in [7, 11) is 0. The molecule has 0 aromatic carbocycles. The van der Waals surface area contributed by atoms with Gasteiger partial charge in [0.2, 0.25) is 5.82 Å². The standard InChI is InChI=1S/C15H13ClF3N5/c1-8(13-20-3-4-24(13)23-9(2)16)11-5-12(11)10-6-21-14(22-7-10)15(17,18)19/h3-4,6-7,11-12H,1,5H2,2H3/b23-9+/t11-,12-/m1/s1. The zero-order chi connectivity index (χ0) is 17.5. The van der Waals surface area contributed by atoms with Crippen molar-refractivity contribution in [2.75, 3.05) is 0 Å². The molecule has 126 valence electrons. The molecule has 0 unspecified atom stereocenters. The monoisotopic (exact) mass is 355 g/mol. The molecule has 1 aliphatic carbocycles. The van der Waals surface area contributed by atoms with E-state index in [1.807, 2.05) is 0 Å². The normalized spacial score (nSPS) is 21.0. The lowest BCUT2D eigenvalue weighted by Crippen LogP contribution is -2.10. The lowest BCUT2D eigenvalue weighted by molar-refractivity contribution is -0.145. The van der Waals surface area contributed by atoms with Gasteiger partial charge in [-0.05, 0) is 36.3 Å². The second kappa shape index (κ2) is 6.01. The minimum atomic E-state index is -4.53. The topological polar surface area (TPSA) is 56.0 Å². The van der Waals surface area contributed by atoms with Gasteiger partial charge in [0, 0.05) is 24.8 Å². The molecule has 0 radical (unpaired) electrons. The van der Waals surface area contributed by atoms with E-state index < -0.39 is 12.0 Å². The van der Waals surface area contributed by atoms with Crippen molar-refractivity contribution in [3.05, 3.63) is 48.6 Å². The molecule has 5 nitrogen and oxygen atoms in total. The fourth-order valence-electron chi connectivity index (χ4n) is 2.55. The Hall–Kier alpha value is -2.22. The van der Waals surface area contributed by atoms with Crippen molar-refractivity contribution < 1.29 is 13.2 Å². The third kappa shape index (κ3) is 3.33. The summed E-state index contributed by atoms with van der Waals surface area (Å²) in [6.45, 7) is 5.69. The third-order valence-electron chi connectivity index (χ3n) is 3.75. The van der Waals surface area contributed by atoms with Gasteiger partial charge in [-0.2, -0.15) is 18.3 Å². The van der Waals surface area contributed by atoms with E-state index in [4.69, 9.17) is 11.6 Å². The van der Waals surface area contributed by atoms with Gasteiger partial charge in [0.25, 0.3) is 0 Å². The fourth-order valence-corrected chi connectivity index (χ4v) is 2.63. The number of allylic oxidation sites excluding steroid dienone is 1. The molecule has 0 aliphatic heterocycles. The number of hydrogen-bond donors (Lipinski definition) is 0. The van der Waals surface area contributed by atoms with Gasteiger partial charge in [0.15, 0.2) is 5.82 Å². The first-order chi connectivity index (χ1) is 11.3. The summed E-state index contributed by atoms with van der Waals surface area (Å²) in [5.74, 6) is -0.455. The molecule has 2 atom stereocenters. The van der Waals surface area contributed by atoms with E-state index in [1.165, 1.54) is 17.1 Å². The number of aromatic nitrogens is 4. The van der Waals surface area contributed by atoms with Crippen LogP contribution in [0.4, 0.5) is 13.2 Å².